The Bertz CT molecular complexity index is 301. The molecule has 1 unspecified atom stereocenters. The normalized spacial score (nSPS) is 21.4. The molecule has 1 atom stereocenters. The van der Waals surface area contributed by atoms with Crippen LogP contribution in [0.15, 0.2) is 22.7 Å². The second kappa shape index (κ2) is 4.65. The molecule has 3 heteroatoms. The third kappa shape index (κ3) is 2.30. The molecule has 1 saturated heterocycles. The molecule has 2 rings (SSSR count). The average Bonchev–Trinajstić information content (AvgIpc) is 2.64. The summed E-state index contributed by atoms with van der Waals surface area (Å²) in [7, 11) is 0. The van der Waals surface area contributed by atoms with E-state index in [9.17, 15) is 0 Å². The van der Waals surface area contributed by atoms with Crippen LogP contribution in [0.4, 0.5) is 0 Å². The monoisotopic (exact) mass is 273 g/mol. The summed E-state index contributed by atoms with van der Waals surface area (Å²) in [4.78, 5) is 0. The molecule has 1 N–H and O–H groups in total. The van der Waals surface area contributed by atoms with Gasteiger partial charge in [-0.25, -0.2) is 0 Å². The summed E-state index contributed by atoms with van der Waals surface area (Å²) in [5, 5.41) is 4.35. The van der Waals surface area contributed by atoms with Crippen LogP contribution >= 0.6 is 27.5 Å². The lowest BCUT2D eigenvalue weighted by Gasteiger charge is -2.12. The van der Waals surface area contributed by atoms with Crippen LogP contribution in [-0.2, 0) is 6.42 Å². The van der Waals surface area contributed by atoms with Gasteiger partial charge in [0.2, 0.25) is 0 Å². The van der Waals surface area contributed by atoms with Gasteiger partial charge in [-0.2, -0.15) is 0 Å². The molecule has 1 aromatic rings. The van der Waals surface area contributed by atoms with Crippen molar-refractivity contribution in [2.75, 3.05) is 6.54 Å². The quantitative estimate of drug-likeness (QED) is 0.871. The average molecular weight is 275 g/mol. The van der Waals surface area contributed by atoms with Gasteiger partial charge in [0, 0.05) is 15.5 Å². The molecule has 1 fully saturated rings. The van der Waals surface area contributed by atoms with Crippen LogP contribution in [0.25, 0.3) is 0 Å². The van der Waals surface area contributed by atoms with Crippen molar-refractivity contribution in [3.63, 3.8) is 0 Å². The molecule has 0 radical (unpaired) electrons. The van der Waals surface area contributed by atoms with E-state index in [-0.39, 0.29) is 0 Å². The van der Waals surface area contributed by atoms with E-state index in [1.807, 2.05) is 12.1 Å². The van der Waals surface area contributed by atoms with Crippen molar-refractivity contribution in [2.45, 2.75) is 25.3 Å². The van der Waals surface area contributed by atoms with Gasteiger partial charge in [-0.1, -0.05) is 33.6 Å². The molecule has 0 saturated carbocycles. The van der Waals surface area contributed by atoms with Gasteiger partial charge < -0.3 is 5.32 Å². The Morgan fingerprint density at radius 1 is 1.50 bits per heavy atom. The van der Waals surface area contributed by atoms with Crippen molar-refractivity contribution in [3.05, 3.63) is 33.3 Å². The maximum atomic E-state index is 6.15. The molecule has 0 bridgehead atoms. The third-order valence-corrected chi connectivity index (χ3v) is 3.77. The Morgan fingerprint density at radius 2 is 2.36 bits per heavy atom. The third-order valence-electron chi connectivity index (χ3n) is 2.67. The highest BCUT2D eigenvalue weighted by Crippen LogP contribution is 2.27. The second-order valence-corrected chi connectivity index (χ2v) is 4.96. The van der Waals surface area contributed by atoms with Crippen molar-refractivity contribution < 1.29 is 0 Å². The first-order valence-electron chi connectivity index (χ1n) is 4.93. The van der Waals surface area contributed by atoms with E-state index in [1.165, 1.54) is 18.4 Å². The van der Waals surface area contributed by atoms with E-state index in [2.05, 4.69) is 27.3 Å². The van der Waals surface area contributed by atoms with Crippen LogP contribution in [0.1, 0.15) is 18.4 Å². The Morgan fingerprint density at radius 3 is 3.00 bits per heavy atom. The molecular weight excluding hydrogens is 261 g/mol. The summed E-state index contributed by atoms with van der Waals surface area (Å²) in [5.41, 5.74) is 1.23. The fraction of sp³-hybridized carbons (Fsp3) is 0.455. The minimum absolute atomic E-state index is 0.603. The predicted molar refractivity (Wildman–Crippen MR) is 63.9 cm³/mol. The summed E-state index contributed by atoms with van der Waals surface area (Å²) in [6.45, 7) is 1.15. The standard InChI is InChI=1S/C11H13BrClN/c12-10-4-1-5-11(13)9(10)7-8-3-2-6-14-8/h1,4-5,8,14H,2-3,6-7H2. The Hall–Kier alpha value is -0.0500. The predicted octanol–water partition coefficient (Wildman–Crippen LogP) is 3.40. The van der Waals surface area contributed by atoms with E-state index < -0.39 is 0 Å². The zero-order chi connectivity index (χ0) is 9.97. The van der Waals surface area contributed by atoms with Gasteiger partial charge in [-0.05, 0) is 43.5 Å². The molecule has 1 aromatic carbocycles. The molecule has 0 amide bonds. The van der Waals surface area contributed by atoms with Crippen LogP contribution < -0.4 is 5.32 Å². The lowest BCUT2D eigenvalue weighted by Crippen LogP contribution is -2.23. The zero-order valence-corrected chi connectivity index (χ0v) is 10.2. The summed E-state index contributed by atoms with van der Waals surface area (Å²) < 4.78 is 1.12. The first-order chi connectivity index (χ1) is 6.77. The topological polar surface area (TPSA) is 12.0 Å². The Balaban J connectivity index is 2.14. The van der Waals surface area contributed by atoms with Gasteiger partial charge in [0.25, 0.3) is 0 Å². The van der Waals surface area contributed by atoms with Gasteiger partial charge in [0.05, 0.1) is 0 Å². The second-order valence-electron chi connectivity index (χ2n) is 3.70. The first kappa shape index (κ1) is 10.5. The fourth-order valence-corrected chi connectivity index (χ4v) is 2.80. The molecule has 1 heterocycles. The van der Waals surface area contributed by atoms with Gasteiger partial charge >= 0.3 is 0 Å². The highest BCUT2D eigenvalue weighted by Gasteiger charge is 2.16. The highest BCUT2D eigenvalue weighted by molar-refractivity contribution is 9.10. The number of rotatable bonds is 2. The Labute approximate surface area is 98.0 Å². The molecule has 0 aromatic heterocycles. The Kier molecular flexibility index (Phi) is 3.47. The van der Waals surface area contributed by atoms with E-state index >= 15 is 0 Å². The summed E-state index contributed by atoms with van der Waals surface area (Å²) in [6.07, 6.45) is 3.57. The van der Waals surface area contributed by atoms with Crippen molar-refractivity contribution in [1.82, 2.24) is 5.32 Å². The smallest absolute Gasteiger partial charge is 0.0449 e. The summed E-state index contributed by atoms with van der Waals surface area (Å²) in [6, 6.07) is 6.58. The lowest BCUT2D eigenvalue weighted by molar-refractivity contribution is 0.602. The van der Waals surface area contributed by atoms with Crippen LogP contribution in [0.3, 0.4) is 0 Å². The molecule has 1 aliphatic rings. The molecule has 76 valence electrons. The van der Waals surface area contributed by atoms with Gasteiger partial charge in [0.15, 0.2) is 0 Å². The van der Waals surface area contributed by atoms with Gasteiger partial charge in [-0.3, -0.25) is 0 Å². The summed E-state index contributed by atoms with van der Waals surface area (Å²) >= 11 is 9.69. The van der Waals surface area contributed by atoms with Crippen LogP contribution in [0.2, 0.25) is 5.02 Å². The molecule has 0 spiro atoms. The largest absolute Gasteiger partial charge is 0.314 e. The van der Waals surface area contributed by atoms with Crippen molar-refractivity contribution in [2.24, 2.45) is 0 Å². The molecule has 0 aliphatic carbocycles. The first-order valence-corrected chi connectivity index (χ1v) is 6.11. The highest BCUT2D eigenvalue weighted by atomic mass is 79.9. The number of hydrogen-bond acceptors (Lipinski definition) is 1. The fourth-order valence-electron chi connectivity index (χ4n) is 1.90. The van der Waals surface area contributed by atoms with Crippen molar-refractivity contribution in [1.29, 1.82) is 0 Å². The van der Waals surface area contributed by atoms with Crippen molar-refractivity contribution in [3.8, 4) is 0 Å². The number of halogens is 2. The molecule has 1 nitrogen and oxygen atoms in total. The minimum Gasteiger partial charge on any atom is -0.314 e. The van der Waals surface area contributed by atoms with E-state index in [0.717, 1.165) is 22.5 Å². The van der Waals surface area contributed by atoms with Crippen molar-refractivity contribution >= 4 is 27.5 Å². The van der Waals surface area contributed by atoms with E-state index in [1.54, 1.807) is 0 Å². The van der Waals surface area contributed by atoms with E-state index in [0.29, 0.717) is 6.04 Å². The maximum Gasteiger partial charge on any atom is 0.0449 e. The lowest BCUT2D eigenvalue weighted by atomic mass is 10.0. The number of nitrogens with one attached hydrogen (secondary N) is 1. The zero-order valence-electron chi connectivity index (χ0n) is 7.89. The number of benzene rings is 1. The van der Waals surface area contributed by atoms with Gasteiger partial charge in [0.1, 0.15) is 0 Å². The molecular formula is C11H13BrClN. The van der Waals surface area contributed by atoms with Gasteiger partial charge in [-0.15, -0.1) is 0 Å². The SMILES string of the molecule is Clc1cccc(Br)c1CC1CCCN1. The van der Waals surface area contributed by atoms with E-state index in [4.69, 9.17) is 11.6 Å². The minimum atomic E-state index is 0.603. The van der Waals surface area contributed by atoms with Crippen LogP contribution in [-0.4, -0.2) is 12.6 Å². The molecule has 1 aliphatic heterocycles. The van der Waals surface area contributed by atoms with Crippen LogP contribution in [0, 0.1) is 0 Å². The number of hydrogen-bond donors (Lipinski definition) is 1. The van der Waals surface area contributed by atoms with Crippen LogP contribution in [0.5, 0.6) is 0 Å². The summed E-state index contributed by atoms with van der Waals surface area (Å²) in [5.74, 6) is 0. The molecule has 14 heavy (non-hydrogen) atoms. The maximum absolute atomic E-state index is 6.15.